The zero-order valence-corrected chi connectivity index (χ0v) is 9.62. The standard InChI is InChI=1S/C13H12F2N2O/c14-9-4-2-5-10(15)12(9)13(18)17-11-6-1-3-8(11)7-16/h2,4-5,8,11H,1,3,6H2,(H,17,18). The Kier molecular flexibility index (Phi) is 3.56. The minimum Gasteiger partial charge on any atom is -0.348 e. The van der Waals surface area contributed by atoms with Crippen molar-refractivity contribution in [1.29, 1.82) is 5.26 Å². The molecule has 1 aliphatic carbocycles. The Labute approximate surface area is 103 Å². The molecule has 0 radical (unpaired) electrons. The fourth-order valence-electron chi connectivity index (χ4n) is 2.24. The van der Waals surface area contributed by atoms with E-state index >= 15 is 0 Å². The first-order valence-electron chi connectivity index (χ1n) is 5.78. The molecule has 1 amide bonds. The Bertz CT molecular complexity index is 490. The van der Waals surface area contributed by atoms with Crippen LogP contribution in [0.2, 0.25) is 0 Å². The van der Waals surface area contributed by atoms with Gasteiger partial charge >= 0.3 is 0 Å². The second-order valence-corrected chi connectivity index (χ2v) is 4.34. The third kappa shape index (κ3) is 2.33. The molecule has 2 rings (SSSR count). The molecule has 0 heterocycles. The van der Waals surface area contributed by atoms with Gasteiger partial charge in [0.15, 0.2) is 0 Å². The molecular formula is C13H12F2N2O. The van der Waals surface area contributed by atoms with Crippen LogP contribution in [0.25, 0.3) is 0 Å². The molecule has 94 valence electrons. The molecule has 0 aromatic heterocycles. The van der Waals surface area contributed by atoms with Crippen molar-refractivity contribution < 1.29 is 13.6 Å². The van der Waals surface area contributed by atoms with Crippen LogP contribution < -0.4 is 5.32 Å². The minimum absolute atomic E-state index is 0.274. The van der Waals surface area contributed by atoms with Crippen molar-refractivity contribution >= 4 is 5.91 Å². The van der Waals surface area contributed by atoms with E-state index < -0.39 is 23.1 Å². The lowest BCUT2D eigenvalue weighted by Gasteiger charge is -2.16. The van der Waals surface area contributed by atoms with E-state index in [1.165, 1.54) is 6.07 Å². The summed E-state index contributed by atoms with van der Waals surface area (Å²) in [6.07, 6.45) is 2.21. The highest BCUT2D eigenvalue weighted by Crippen LogP contribution is 2.25. The summed E-state index contributed by atoms with van der Waals surface area (Å²) >= 11 is 0. The summed E-state index contributed by atoms with van der Waals surface area (Å²) in [6.45, 7) is 0. The van der Waals surface area contributed by atoms with Crippen molar-refractivity contribution in [2.24, 2.45) is 5.92 Å². The Morgan fingerprint density at radius 2 is 2.00 bits per heavy atom. The summed E-state index contributed by atoms with van der Waals surface area (Å²) in [6, 6.07) is 5.06. The summed E-state index contributed by atoms with van der Waals surface area (Å²) in [5.74, 6) is -2.85. The number of nitrogens with zero attached hydrogens (tertiary/aromatic N) is 1. The van der Waals surface area contributed by atoms with Gasteiger partial charge in [-0.3, -0.25) is 4.79 Å². The fraction of sp³-hybridized carbons (Fsp3) is 0.385. The Hall–Kier alpha value is -1.96. The van der Waals surface area contributed by atoms with Crippen LogP contribution in [0.4, 0.5) is 8.78 Å². The monoisotopic (exact) mass is 250 g/mol. The summed E-state index contributed by atoms with van der Waals surface area (Å²) < 4.78 is 26.8. The van der Waals surface area contributed by atoms with Gasteiger partial charge in [-0.25, -0.2) is 8.78 Å². The van der Waals surface area contributed by atoms with Gasteiger partial charge < -0.3 is 5.32 Å². The quantitative estimate of drug-likeness (QED) is 0.876. The number of nitrogens with one attached hydrogen (secondary N) is 1. The SMILES string of the molecule is N#CC1CCCC1NC(=O)c1c(F)cccc1F. The summed E-state index contributed by atoms with van der Waals surface area (Å²) in [7, 11) is 0. The second-order valence-electron chi connectivity index (χ2n) is 4.34. The van der Waals surface area contributed by atoms with Crippen molar-refractivity contribution in [3.8, 4) is 6.07 Å². The summed E-state index contributed by atoms with van der Waals surface area (Å²) in [4.78, 5) is 11.8. The smallest absolute Gasteiger partial charge is 0.257 e. The molecule has 1 saturated carbocycles. The molecule has 0 bridgehead atoms. The second kappa shape index (κ2) is 5.13. The van der Waals surface area contributed by atoms with Crippen LogP contribution in [0.3, 0.4) is 0 Å². The van der Waals surface area contributed by atoms with Gasteiger partial charge in [-0.05, 0) is 31.4 Å². The van der Waals surface area contributed by atoms with Crippen LogP contribution in [0.5, 0.6) is 0 Å². The van der Waals surface area contributed by atoms with Crippen molar-refractivity contribution in [2.75, 3.05) is 0 Å². The van der Waals surface area contributed by atoms with Crippen LogP contribution in [0.1, 0.15) is 29.6 Å². The normalized spacial score (nSPS) is 22.5. The van der Waals surface area contributed by atoms with Gasteiger partial charge in [-0.15, -0.1) is 0 Å². The zero-order chi connectivity index (χ0) is 13.1. The molecule has 1 aromatic carbocycles. The van der Waals surface area contributed by atoms with E-state index in [1.54, 1.807) is 0 Å². The number of hydrogen-bond acceptors (Lipinski definition) is 2. The topological polar surface area (TPSA) is 52.9 Å². The molecule has 1 fully saturated rings. The lowest BCUT2D eigenvalue weighted by Crippen LogP contribution is -2.37. The molecule has 5 heteroatoms. The van der Waals surface area contributed by atoms with E-state index in [0.717, 1.165) is 18.6 Å². The van der Waals surface area contributed by atoms with E-state index in [1.807, 2.05) is 0 Å². The number of halogens is 2. The number of hydrogen-bond donors (Lipinski definition) is 1. The van der Waals surface area contributed by atoms with Crippen LogP contribution in [0, 0.1) is 28.9 Å². The Morgan fingerprint density at radius 1 is 1.33 bits per heavy atom. The zero-order valence-electron chi connectivity index (χ0n) is 9.62. The van der Waals surface area contributed by atoms with E-state index in [9.17, 15) is 13.6 Å². The number of carbonyl (C=O) groups is 1. The first-order valence-corrected chi connectivity index (χ1v) is 5.78. The van der Waals surface area contributed by atoms with Crippen LogP contribution in [-0.2, 0) is 0 Å². The van der Waals surface area contributed by atoms with Gasteiger partial charge in [0, 0.05) is 6.04 Å². The molecule has 0 spiro atoms. The minimum atomic E-state index is -0.890. The molecule has 0 saturated heterocycles. The molecule has 18 heavy (non-hydrogen) atoms. The maximum absolute atomic E-state index is 13.4. The highest BCUT2D eigenvalue weighted by Gasteiger charge is 2.30. The summed E-state index contributed by atoms with van der Waals surface area (Å²) in [5.41, 5.74) is -0.582. The molecule has 1 aromatic rings. The predicted octanol–water partition coefficient (Wildman–Crippen LogP) is 2.39. The number of benzene rings is 1. The van der Waals surface area contributed by atoms with E-state index in [2.05, 4.69) is 11.4 Å². The van der Waals surface area contributed by atoms with E-state index in [-0.39, 0.29) is 12.0 Å². The molecule has 1 N–H and O–H groups in total. The average Bonchev–Trinajstić information content (AvgIpc) is 2.76. The van der Waals surface area contributed by atoms with Gasteiger partial charge in [-0.2, -0.15) is 5.26 Å². The van der Waals surface area contributed by atoms with Gasteiger partial charge in [-0.1, -0.05) is 6.07 Å². The van der Waals surface area contributed by atoms with Gasteiger partial charge in [0.1, 0.15) is 17.2 Å². The molecule has 1 aliphatic rings. The molecule has 0 aliphatic heterocycles. The first-order chi connectivity index (χ1) is 8.63. The van der Waals surface area contributed by atoms with E-state index in [0.29, 0.717) is 12.8 Å². The third-order valence-electron chi connectivity index (χ3n) is 3.19. The maximum Gasteiger partial charge on any atom is 0.257 e. The molecular weight excluding hydrogens is 238 g/mol. The molecule has 2 atom stereocenters. The van der Waals surface area contributed by atoms with Gasteiger partial charge in [0.25, 0.3) is 5.91 Å². The highest BCUT2D eigenvalue weighted by molar-refractivity contribution is 5.95. The third-order valence-corrected chi connectivity index (χ3v) is 3.19. The van der Waals surface area contributed by atoms with Crippen molar-refractivity contribution in [2.45, 2.75) is 25.3 Å². The molecule has 3 nitrogen and oxygen atoms in total. The maximum atomic E-state index is 13.4. The molecule has 2 unspecified atom stereocenters. The van der Waals surface area contributed by atoms with Crippen LogP contribution in [0.15, 0.2) is 18.2 Å². The number of carbonyl (C=O) groups excluding carboxylic acids is 1. The van der Waals surface area contributed by atoms with Gasteiger partial charge in [0.05, 0.1) is 12.0 Å². The Morgan fingerprint density at radius 3 is 2.61 bits per heavy atom. The lowest BCUT2D eigenvalue weighted by molar-refractivity contribution is 0.0924. The predicted molar refractivity (Wildman–Crippen MR) is 60.6 cm³/mol. The number of nitriles is 1. The first kappa shape index (κ1) is 12.5. The largest absolute Gasteiger partial charge is 0.348 e. The fourth-order valence-corrected chi connectivity index (χ4v) is 2.24. The average molecular weight is 250 g/mol. The highest BCUT2D eigenvalue weighted by atomic mass is 19.1. The number of rotatable bonds is 2. The van der Waals surface area contributed by atoms with Gasteiger partial charge in [0.2, 0.25) is 0 Å². The van der Waals surface area contributed by atoms with E-state index in [4.69, 9.17) is 5.26 Å². The summed E-state index contributed by atoms with van der Waals surface area (Å²) in [5, 5.41) is 11.4. The van der Waals surface area contributed by atoms with Crippen LogP contribution in [-0.4, -0.2) is 11.9 Å². The van der Waals surface area contributed by atoms with Crippen molar-refractivity contribution in [3.63, 3.8) is 0 Å². The van der Waals surface area contributed by atoms with Crippen molar-refractivity contribution in [1.82, 2.24) is 5.32 Å². The Balaban J connectivity index is 2.16. The van der Waals surface area contributed by atoms with Crippen molar-refractivity contribution in [3.05, 3.63) is 35.4 Å². The number of amides is 1. The van der Waals surface area contributed by atoms with Crippen LogP contribution >= 0.6 is 0 Å². The lowest BCUT2D eigenvalue weighted by atomic mass is 10.1.